The van der Waals surface area contributed by atoms with Gasteiger partial charge in [-0.2, -0.15) is 5.26 Å². The van der Waals surface area contributed by atoms with Gasteiger partial charge in [0.1, 0.15) is 11.8 Å². The van der Waals surface area contributed by atoms with E-state index in [4.69, 9.17) is 0 Å². The molecule has 0 N–H and O–H groups in total. The van der Waals surface area contributed by atoms with Gasteiger partial charge < -0.3 is 0 Å². The Hall–Kier alpha value is -3.45. The molecule has 0 fully saturated rings. The van der Waals surface area contributed by atoms with E-state index in [0.717, 1.165) is 33.3 Å². The van der Waals surface area contributed by atoms with Crippen LogP contribution in [0.5, 0.6) is 0 Å². The van der Waals surface area contributed by atoms with E-state index < -0.39 is 0 Å². The van der Waals surface area contributed by atoms with Crippen LogP contribution in [0.25, 0.3) is 27.7 Å². The minimum Gasteiger partial charge on any atom is -0.211 e. The summed E-state index contributed by atoms with van der Waals surface area (Å²) in [5, 5.41) is 20.0. The summed E-state index contributed by atoms with van der Waals surface area (Å²) in [5.74, 6) is 0. The van der Waals surface area contributed by atoms with E-state index >= 15 is 0 Å². The maximum atomic E-state index is 9.48. The van der Waals surface area contributed by atoms with Crippen molar-refractivity contribution in [2.45, 2.75) is 6.92 Å². The van der Waals surface area contributed by atoms with Gasteiger partial charge in [0, 0.05) is 10.9 Å². The summed E-state index contributed by atoms with van der Waals surface area (Å²) in [5.41, 5.74) is 4.02. The maximum Gasteiger partial charge on any atom is 0.191 e. The molecule has 114 valence electrons. The Bertz CT molecular complexity index is 1080. The third kappa shape index (κ3) is 2.15. The van der Waals surface area contributed by atoms with Crippen LogP contribution in [-0.2, 0) is 0 Å². The Morgan fingerprint density at radius 3 is 2.50 bits per heavy atom. The molecule has 4 aromatic rings. The van der Waals surface area contributed by atoms with E-state index in [1.54, 1.807) is 4.68 Å². The molecule has 0 aliphatic carbocycles. The fourth-order valence-corrected chi connectivity index (χ4v) is 3.00. The number of nitriles is 1. The summed E-state index contributed by atoms with van der Waals surface area (Å²) in [6, 6.07) is 24.3. The number of benzene rings is 3. The molecule has 24 heavy (non-hydrogen) atoms. The second-order valence-corrected chi connectivity index (χ2v) is 5.62. The highest BCUT2D eigenvalue weighted by Gasteiger charge is 2.18. The largest absolute Gasteiger partial charge is 0.211 e. The smallest absolute Gasteiger partial charge is 0.191 e. The third-order valence-electron chi connectivity index (χ3n) is 4.17. The number of aromatic nitrogens is 3. The van der Waals surface area contributed by atoms with Gasteiger partial charge in [-0.1, -0.05) is 65.9 Å². The van der Waals surface area contributed by atoms with E-state index in [0.29, 0.717) is 5.69 Å². The summed E-state index contributed by atoms with van der Waals surface area (Å²) >= 11 is 0. The molecular weight excluding hydrogens is 296 g/mol. The molecule has 0 atom stereocenters. The van der Waals surface area contributed by atoms with Gasteiger partial charge in [0.15, 0.2) is 5.69 Å². The average Bonchev–Trinajstić information content (AvgIpc) is 3.05. The first-order valence-corrected chi connectivity index (χ1v) is 7.69. The summed E-state index contributed by atoms with van der Waals surface area (Å²) in [7, 11) is 0. The van der Waals surface area contributed by atoms with Crippen molar-refractivity contribution in [2.75, 3.05) is 0 Å². The predicted octanol–water partition coefficient (Wildman–Crippen LogP) is 4.27. The number of aryl methyl sites for hydroxylation is 1. The lowest BCUT2D eigenvalue weighted by atomic mass is 10.0. The Kier molecular flexibility index (Phi) is 3.33. The van der Waals surface area contributed by atoms with Crippen molar-refractivity contribution in [1.29, 1.82) is 5.26 Å². The van der Waals surface area contributed by atoms with Crippen molar-refractivity contribution < 1.29 is 0 Å². The number of hydrogen-bond acceptors (Lipinski definition) is 3. The maximum absolute atomic E-state index is 9.48. The molecule has 4 nitrogen and oxygen atoms in total. The molecule has 0 aliphatic heterocycles. The van der Waals surface area contributed by atoms with Crippen LogP contribution in [0.1, 0.15) is 11.3 Å². The van der Waals surface area contributed by atoms with Crippen LogP contribution in [0, 0.1) is 18.3 Å². The Morgan fingerprint density at radius 1 is 0.917 bits per heavy atom. The topological polar surface area (TPSA) is 54.5 Å². The highest BCUT2D eigenvalue weighted by Crippen LogP contribution is 2.30. The summed E-state index contributed by atoms with van der Waals surface area (Å²) in [4.78, 5) is 0. The first kappa shape index (κ1) is 14.2. The normalized spacial score (nSPS) is 10.7. The van der Waals surface area contributed by atoms with Gasteiger partial charge in [0.25, 0.3) is 0 Å². The molecule has 4 rings (SSSR count). The predicted molar refractivity (Wildman–Crippen MR) is 93.8 cm³/mol. The van der Waals surface area contributed by atoms with E-state index in [9.17, 15) is 5.26 Å². The zero-order valence-corrected chi connectivity index (χ0v) is 13.1. The summed E-state index contributed by atoms with van der Waals surface area (Å²) < 4.78 is 1.77. The van der Waals surface area contributed by atoms with Gasteiger partial charge in [-0.15, -0.1) is 5.10 Å². The Balaban J connectivity index is 2.06. The zero-order chi connectivity index (χ0) is 16.5. The quantitative estimate of drug-likeness (QED) is 0.555. The van der Waals surface area contributed by atoms with Gasteiger partial charge in [-0.05, 0) is 23.9 Å². The Morgan fingerprint density at radius 2 is 1.67 bits per heavy atom. The van der Waals surface area contributed by atoms with Crippen molar-refractivity contribution >= 4 is 10.8 Å². The highest BCUT2D eigenvalue weighted by molar-refractivity contribution is 5.91. The average molecular weight is 310 g/mol. The molecule has 0 spiro atoms. The number of nitrogens with zero attached hydrogens (tertiary/aromatic N) is 4. The lowest BCUT2D eigenvalue weighted by Gasteiger charge is -2.11. The molecule has 0 radical (unpaired) electrons. The van der Waals surface area contributed by atoms with Gasteiger partial charge in [-0.25, -0.2) is 4.68 Å². The molecule has 0 aliphatic rings. The number of hydrogen-bond donors (Lipinski definition) is 0. The SMILES string of the molecule is Cc1ccccc1-c1c(C#N)nnn1-c1cccc2ccccc12. The number of fused-ring (bicyclic) bond motifs is 1. The van der Waals surface area contributed by atoms with Crippen LogP contribution < -0.4 is 0 Å². The van der Waals surface area contributed by atoms with Crippen LogP contribution >= 0.6 is 0 Å². The van der Waals surface area contributed by atoms with E-state index in [1.165, 1.54) is 0 Å². The van der Waals surface area contributed by atoms with Gasteiger partial charge in [0.2, 0.25) is 0 Å². The second kappa shape index (κ2) is 5.64. The molecular formula is C20H14N4. The van der Waals surface area contributed by atoms with Crippen LogP contribution in [0.4, 0.5) is 0 Å². The first-order chi connectivity index (χ1) is 11.8. The van der Waals surface area contributed by atoms with E-state index in [1.807, 2.05) is 55.5 Å². The Labute approximate surface area is 139 Å². The molecule has 1 aromatic heterocycles. The molecule has 0 saturated heterocycles. The highest BCUT2D eigenvalue weighted by atomic mass is 15.4. The van der Waals surface area contributed by atoms with Gasteiger partial charge in [-0.3, -0.25) is 0 Å². The van der Waals surface area contributed by atoms with Crippen LogP contribution in [-0.4, -0.2) is 15.0 Å². The lowest BCUT2D eigenvalue weighted by Crippen LogP contribution is -2.01. The zero-order valence-electron chi connectivity index (χ0n) is 13.1. The first-order valence-electron chi connectivity index (χ1n) is 7.69. The van der Waals surface area contributed by atoms with E-state index in [-0.39, 0.29) is 0 Å². The van der Waals surface area contributed by atoms with Crippen LogP contribution in [0.2, 0.25) is 0 Å². The monoisotopic (exact) mass is 310 g/mol. The van der Waals surface area contributed by atoms with Crippen molar-refractivity contribution in [1.82, 2.24) is 15.0 Å². The van der Waals surface area contributed by atoms with E-state index in [2.05, 4.69) is 34.6 Å². The third-order valence-corrected chi connectivity index (χ3v) is 4.17. The minimum atomic E-state index is 0.331. The molecule has 0 amide bonds. The fraction of sp³-hybridized carbons (Fsp3) is 0.0500. The fourth-order valence-electron chi connectivity index (χ4n) is 3.00. The molecule has 0 bridgehead atoms. The second-order valence-electron chi connectivity index (χ2n) is 5.62. The van der Waals surface area contributed by atoms with Crippen LogP contribution in [0.3, 0.4) is 0 Å². The molecule has 3 aromatic carbocycles. The van der Waals surface area contributed by atoms with Crippen molar-refractivity contribution in [3.05, 3.63) is 78.0 Å². The molecule has 4 heteroatoms. The lowest BCUT2D eigenvalue weighted by molar-refractivity contribution is 0.811. The molecule has 0 saturated carbocycles. The van der Waals surface area contributed by atoms with Crippen molar-refractivity contribution in [3.63, 3.8) is 0 Å². The van der Waals surface area contributed by atoms with Gasteiger partial charge >= 0.3 is 0 Å². The minimum absolute atomic E-state index is 0.331. The molecule has 1 heterocycles. The summed E-state index contributed by atoms with van der Waals surface area (Å²) in [6.45, 7) is 2.02. The van der Waals surface area contributed by atoms with Gasteiger partial charge in [0.05, 0.1) is 5.69 Å². The summed E-state index contributed by atoms with van der Waals surface area (Å²) in [6.07, 6.45) is 0. The number of rotatable bonds is 2. The van der Waals surface area contributed by atoms with Crippen molar-refractivity contribution in [3.8, 4) is 23.0 Å². The standard InChI is InChI=1S/C20H14N4/c1-14-7-2-4-10-16(14)20-18(13-21)22-23-24(20)19-12-6-9-15-8-3-5-11-17(15)19/h2-12H,1H3. The molecule has 0 unspecified atom stereocenters. The van der Waals surface area contributed by atoms with Crippen LogP contribution in [0.15, 0.2) is 66.7 Å². The van der Waals surface area contributed by atoms with Crippen molar-refractivity contribution in [2.24, 2.45) is 0 Å².